The van der Waals surface area contributed by atoms with Crippen LogP contribution in [-0.2, 0) is 0 Å². The molecule has 2 aromatic carbocycles. The van der Waals surface area contributed by atoms with Crippen molar-refractivity contribution >= 4 is 18.0 Å². The molecular formula is C16H15NO2. The van der Waals surface area contributed by atoms with E-state index in [9.17, 15) is 4.79 Å². The molecule has 0 aliphatic carbocycles. The molecule has 0 fully saturated rings. The quantitative estimate of drug-likeness (QED) is 0.827. The number of benzene rings is 2. The van der Waals surface area contributed by atoms with Crippen molar-refractivity contribution in [3.8, 4) is 5.75 Å². The summed E-state index contributed by atoms with van der Waals surface area (Å²) >= 11 is 0. The smallest absolute Gasteiger partial charge is 0.152 e. The van der Waals surface area contributed by atoms with Gasteiger partial charge in [-0.05, 0) is 35.9 Å². The van der Waals surface area contributed by atoms with E-state index in [1.165, 1.54) is 0 Å². The SMILES string of the molecule is COc1ccc(/C=C/Nc2ccccc2C=O)cc1. The van der Waals surface area contributed by atoms with Crippen LogP contribution in [0.15, 0.2) is 54.7 Å². The van der Waals surface area contributed by atoms with Crippen molar-refractivity contribution in [2.75, 3.05) is 12.4 Å². The summed E-state index contributed by atoms with van der Waals surface area (Å²) in [6, 6.07) is 15.1. The van der Waals surface area contributed by atoms with Gasteiger partial charge in [0, 0.05) is 17.5 Å². The number of methoxy groups -OCH3 is 1. The molecule has 1 N–H and O–H groups in total. The van der Waals surface area contributed by atoms with E-state index in [1.807, 2.05) is 54.7 Å². The summed E-state index contributed by atoms with van der Waals surface area (Å²) in [5, 5.41) is 3.10. The van der Waals surface area contributed by atoms with Crippen LogP contribution in [0.5, 0.6) is 5.75 Å². The predicted molar refractivity (Wildman–Crippen MR) is 77.5 cm³/mol. The van der Waals surface area contributed by atoms with Gasteiger partial charge in [-0.2, -0.15) is 0 Å². The van der Waals surface area contributed by atoms with Crippen molar-refractivity contribution in [3.63, 3.8) is 0 Å². The number of para-hydroxylation sites is 1. The first kappa shape index (κ1) is 12.9. The molecule has 0 saturated heterocycles. The van der Waals surface area contributed by atoms with Crippen molar-refractivity contribution in [2.24, 2.45) is 0 Å². The fourth-order valence-corrected chi connectivity index (χ4v) is 1.67. The van der Waals surface area contributed by atoms with E-state index in [1.54, 1.807) is 13.2 Å². The molecule has 0 spiro atoms. The zero-order valence-corrected chi connectivity index (χ0v) is 10.7. The molecule has 0 bridgehead atoms. The molecule has 0 unspecified atom stereocenters. The number of nitrogens with one attached hydrogen (secondary N) is 1. The zero-order chi connectivity index (χ0) is 13.5. The highest BCUT2D eigenvalue weighted by Gasteiger charge is 1.96. The maximum absolute atomic E-state index is 10.9. The highest BCUT2D eigenvalue weighted by Crippen LogP contribution is 2.14. The second-order valence-corrected chi connectivity index (χ2v) is 3.96. The van der Waals surface area contributed by atoms with Crippen LogP contribution in [0.2, 0.25) is 0 Å². The largest absolute Gasteiger partial charge is 0.497 e. The van der Waals surface area contributed by atoms with Crippen LogP contribution >= 0.6 is 0 Å². The summed E-state index contributed by atoms with van der Waals surface area (Å²) < 4.78 is 5.09. The number of carbonyl (C=O) groups is 1. The molecule has 0 heterocycles. The third-order valence-electron chi connectivity index (χ3n) is 2.72. The summed E-state index contributed by atoms with van der Waals surface area (Å²) in [4.78, 5) is 10.9. The molecule has 0 amide bonds. The number of carbonyl (C=O) groups excluding carboxylic acids is 1. The minimum Gasteiger partial charge on any atom is -0.497 e. The number of hydrogen-bond donors (Lipinski definition) is 1. The summed E-state index contributed by atoms with van der Waals surface area (Å²) in [7, 11) is 1.64. The average Bonchev–Trinajstić information content (AvgIpc) is 2.48. The second kappa shape index (κ2) is 6.40. The van der Waals surface area contributed by atoms with Gasteiger partial charge in [-0.25, -0.2) is 0 Å². The fourth-order valence-electron chi connectivity index (χ4n) is 1.67. The number of ether oxygens (including phenoxy) is 1. The Bertz CT molecular complexity index is 574. The van der Waals surface area contributed by atoms with E-state index in [-0.39, 0.29) is 0 Å². The fraction of sp³-hybridized carbons (Fsp3) is 0.0625. The molecule has 2 aromatic rings. The Balaban J connectivity index is 2.04. The first-order chi connectivity index (χ1) is 9.33. The van der Waals surface area contributed by atoms with Gasteiger partial charge >= 0.3 is 0 Å². The Morgan fingerprint density at radius 3 is 2.47 bits per heavy atom. The van der Waals surface area contributed by atoms with Gasteiger partial charge < -0.3 is 10.1 Å². The van der Waals surface area contributed by atoms with E-state index in [0.29, 0.717) is 5.56 Å². The molecule has 96 valence electrons. The molecule has 0 aromatic heterocycles. The van der Waals surface area contributed by atoms with Crippen molar-refractivity contribution < 1.29 is 9.53 Å². The van der Waals surface area contributed by atoms with Crippen molar-refractivity contribution in [1.29, 1.82) is 0 Å². The third-order valence-corrected chi connectivity index (χ3v) is 2.72. The summed E-state index contributed by atoms with van der Waals surface area (Å²) in [5.41, 5.74) is 2.49. The normalized spacial score (nSPS) is 10.4. The van der Waals surface area contributed by atoms with Crippen molar-refractivity contribution in [3.05, 3.63) is 65.9 Å². The lowest BCUT2D eigenvalue weighted by molar-refractivity contribution is 0.112. The van der Waals surface area contributed by atoms with Gasteiger partial charge in [0.05, 0.1) is 7.11 Å². The maximum Gasteiger partial charge on any atom is 0.152 e. The van der Waals surface area contributed by atoms with E-state index < -0.39 is 0 Å². The van der Waals surface area contributed by atoms with Gasteiger partial charge in [0.25, 0.3) is 0 Å². The molecular weight excluding hydrogens is 238 g/mol. The summed E-state index contributed by atoms with van der Waals surface area (Å²) in [6.07, 6.45) is 4.58. The lowest BCUT2D eigenvalue weighted by Gasteiger charge is -2.03. The Hall–Kier alpha value is -2.55. The van der Waals surface area contributed by atoms with Crippen LogP contribution in [0.3, 0.4) is 0 Å². The van der Waals surface area contributed by atoms with Crippen molar-refractivity contribution in [1.82, 2.24) is 0 Å². The highest BCUT2D eigenvalue weighted by molar-refractivity contribution is 5.84. The van der Waals surface area contributed by atoms with E-state index >= 15 is 0 Å². The maximum atomic E-state index is 10.9. The molecule has 0 aliphatic heterocycles. The Morgan fingerprint density at radius 2 is 1.79 bits per heavy atom. The van der Waals surface area contributed by atoms with E-state index in [4.69, 9.17) is 4.74 Å². The molecule has 2 rings (SSSR count). The van der Waals surface area contributed by atoms with Crippen LogP contribution in [0.1, 0.15) is 15.9 Å². The van der Waals surface area contributed by atoms with Gasteiger partial charge in [0.2, 0.25) is 0 Å². The Labute approximate surface area is 112 Å². The molecule has 0 radical (unpaired) electrons. The minimum atomic E-state index is 0.641. The highest BCUT2D eigenvalue weighted by atomic mass is 16.5. The van der Waals surface area contributed by atoms with Gasteiger partial charge in [0.1, 0.15) is 5.75 Å². The van der Waals surface area contributed by atoms with Gasteiger partial charge in [-0.1, -0.05) is 24.3 Å². The average molecular weight is 253 g/mol. The predicted octanol–water partition coefficient (Wildman–Crippen LogP) is 3.59. The van der Waals surface area contributed by atoms with Crippen molar-refractivity contribution in [2.45, 2.75) is 0 Å². The number of aldehydes is 1. The van der Waals surface area contributed by atoms with E-state index in [0.717, 1.165) is 23.3 Å². The first-order valence-corrected chi connectivity index (χ1v) is 5.95. The molecule has 0 atom stereocenters. The van der Waals surface area contributed by atoms with Crippen LogP contribution in [0.25, 0.3) is 6.08 Å². The standard InChI is InChI=1S/C16H15NO2/c1-19-15-8-6-13(7-9-15)10-11-17-16-5-3-2-4-14(16)12-18/h2-12,17H,1H3/b11-10+. The van der Waals surface area contributed by atoms with Gasteiger partial charge in [-0.3, -0.25) is 4.79 Å². The van der Waals surface area contributed by atoms with Crippen LogP contribution in [0, 0.1) is 0 Å². The molecule has 19 heavy (non-hydrogen) atoms. The van der Waals surface area contributed by atoms with Gasteiger partial charge in [-0.15, -0.1) is 0 Å². The van der Waals surface area contributed by atoms with Gasteiger partial charge in [0.15, 0.2) is 6.29 Å². The summed E-state index contributed by atoms with van der Waals surface area (Å²) in [6.45, 7) is 0. The number of rotatable bonds is 5. The van der Waals surface area contributed by atoms with Crippen LogP contribution in [-0.4, -0.2) is 13.4 Å². The van der Waals surface area contributed by atoms with Crippen LogP contribution in [0.4, 0.5) is 5.69 Å². The third kappa shape index (κ3) is 3.45. The monoisotopic (exact) mass is 253 g/mol. The Morgan fingerprint density at radius 1 is 1.05 bits per heavy atom. The Kier molecular flexibility index (Phi) is 4.34. The molecule has 0 saturated carbocycles. The number of hydrogen-bond acceptors (Lipinski definition) is 3. The second-order valence-electron chi connectivity index (χ2n) is 3.96. The lowest BCUT2D eigenvalue weighted by Crippen LogP contribution is -1.92. The topological polar surface area (TPSA) is 38.3 Å². The first-order valence-electron chi connectivity index (χ1n) is 5.95. The van der Waals surface area contributed by atoms with Crippen LogP contribution < -0.4 is 10.1 Å². The molecule has 3 nitrogen and oxygen atoms in total. The molecule has 3 heteroatoms. The van der Waals surface area contributed by atoms with E-state index in [2.05, 4.69) is 5.32 Å². The zero-order valence-electron chi connectivity index (χ0n) is 10.7. The minimum absolute atomic E-state index is 0.641. The number of anilines is 1. The summed E-state index contributed by atoms with van der Waals surface area (Å²) in [5.74, 6) is 0.830. The molecule has 0 aliphatic rings. The lowest BCUT2D eigenvalue weighted by atomic mass is 10.2.